The lowest BCUT2D eigenvalue weighted by Crippen LogP contribution is -2.51. The zero-order valence-corrected chi connectivity index (χ0v) is 16.1. The minimum Gasteiger partial charge on any atom is -0.455 e. The lowest BCUT2D eigenvalue weighted by molar-refractivity contribution is -0.178. The van der Waals surface area contributed by atoms with Crippen LogP contribution >= 0.6 is 0 Å². The van der Waals surface area contributed by atoms with E-state index in [0.29, 0.717) is 37.9 Å². The predicted molar refractivity (Wildman–Crippen MR) is 94.8 cm³/mol. The van der Waals surface area contributed by atoms with Crippen molar-refractivity contribution in [3.63, 3.8) is 0 Å². The molecule has 4 heteroatoms. The van der Waals surface area contributed by atoms with Crippen molar-refractivity contribution in [3.05, 3.63) is 12.2 Å². The summed E-state index contributed by atoms with van der Waals surface area (Å²) in [7, 11) is 0. The number of hydrogen-bond donors (Lipinski definition) is 0. The van der Waals surface area contributed by atoms with Crippen LogP contribution in [0.4, 0.5) is 0 Å². The van der Waals surface area contributed by atoms with Gasteiger partial charge in [0, 0.05) is 24.0 Å². The van der Waals surface area contributed by atoms with Crippen molar-refractivity contribution < 1.29 is 19.0 Å². The predicted octanol–water partition coefficient (Wildman–Crippen LogP) is 4.13. The summed E-state index contributed by atoms with van der Waals surface area (Å²) in [5, 5.41) is 0. The van der Waals surface area contributed by atoms with E-state index in [1.165, 1.54) is 6.42 Å². The summed E-state index contributed by atoms with van der Waals surface area (Å²) in [6.45, 7) is 16.9. The Balaban J connectivity index is 2.10. The number of carbonyl (C=O) groups excluding carboxylic acids is 1. The Morgan fingerprint density at radius 1 is 1.17 bits per heavy atom. The Morgan fingerprint density at radius 3 is 2.33 bits per heavy atom. The zero-order valence-electron chi connectivity index (χ0n) is 16.1. The molecule has 2 rings (SSSR count). The molecule has 2 aliphatic rings. The summed E-state index contributed by atoms with van der Waals surface area (Å²) in [6.07, 6.45) is 4.01. The second kappa shape index (κ2) is 7.17. The first-order chi connectivity index (χ1) is 11.2. The number of fused-ring (bicyclic) bond motifs is 2. The monoisotopic (exact) mass is 338 g/mol. The highest BCUT2D eigenvalue weighted by molar-refractivity contribution is 5.87. The molecule has 0 aromatic heterocycles. The van der Waals surface area contributed by atoms with Gasteiger partial charge in [0.05, 0.1) is 19.8 Å². The van der Waals surface area contributed by atoms with Gasteiger partial charge in [-0.15, -0.1) is 0 Å². The normalized spacial score (nSPS) is 33.6. The minimum absolute atomic E-state index is 0.0148. The van der Waals surface area contributed by atoms with Crippen LogP contribution in [0.25, 0.3) is 0 Å². The fourth-order valence-corrected chi connectivity index (χ4v) is 4.84. The zero-order chi connectivity index (χ0) is 18.0. The molecule has 0 saturated heterocycles. The molecular formula is C20H34O4. The first-order valence-corrected chi connectivity index (χ1v) is 9.24. The second-order valence-electron chi connectivity index (χ2n) is 8.22. The van der Waals surface area contributed by atoms with Gasteiger partial charge in [0.1, 0.15) is 5.60 Å². The van der Waals surface area contributed by atoms with E-state index < -0.39 is 5.60 Å². The van der Waals surface area contributed by atoms with E-state index in [1.807, 2.05) is 6.92 Å². The smallest absolute Gasteiger partial charge is 0.333 e. The van der Waals surface area contributed by atoms with E-state index >= 15 is 0 Å². The van der Waals surface area contributed by atoms with E-state index in [9.17, 15) is 4.79 Å². The quantitative estimate of drug-likeness (QED) is 0.360. The van der Waals surface area contributed by atoms with Gasteiger partial charge >= 0.3 is 5.97 Å². The maximum absolute atomic E-state index is 12.3. The standard InChI is InChI=1S/C20H34O4/c1-7-22-12-13-23-11-10-20(24-17(21)15(2)3)14-16-8-9-19(20,6)18(16,4)5/h16H,2,7-14H2,1,3-6H3. The fourth-order valence-electron chi connectivity index (χ4n) is 4.84. The molecule has 24 heavy (non-hydrogen) atoms. The molecule has 0 spiro atoms. The van der Waals surface area contributed by atoms with Crippen LogP contribution in [0.5, 0.6) is 0 Å². The molecule has 0 amide bonds. The largest absolute Gasteiger partial charge is 0.455 e. The van der Waals surface area contributed by atoms with Gasteiger partial charge in [-0.3, -0.25) is 0 Å². The molecule has 0 heterocycles. The average molecular weight is 338 g/mol. The molecule has 138 valence electrons. The van der Waals surface area contributed by atoms with Crippen molar-refractivity contribution in [2.45, 2.75) is 65.9 Å². The number of rotatable bonds is 9. The third kappa shape index (κ3) is 3.15. The SMILES string of the molecule is C=C(C)C(=O)OC1(CCOCCOCC)CC2CCC1(C)C2(C)C. The van der Waals surface area contributed by atoms with Gasteiger partial charge in [-0.2, -0.15) is 0 Å². The average Bonchev–Trinajstić information content (AvgIpc) is 2.83. The van der Waals surface area contributed by atoms with Gasteiger partial charge in [0.2, 0.25) is 0 Å². The Morgan fingerprint density at radius 2 is 1.83 bits per heavy atom. The van der Waals surface area contributed by atoms with Crippen LogP contribution in [-0.4, -0.2) is 38.0 Å². The van der Waals surface area contributed by atoms with Gasteiger partial charge < -0.3 is 14.2 Å². The van der Waals surface area contributed by atoms with E-state index in [2.05, 4.69) is 27.4 Å². The summed E-state index contributed by atoms with van der Waals surface area (Å²) >= 11 is 0. The molecule has 3 atom stereocenters. The van der Waals surface area contributed by atoms with Crippen LogP contribution in [0.15, 0.2) is 12.2 Å². The number of carbonyl (C=O) groups is 1. The minimum atomic E-state index is -0.443. The highest BCUT2D eigenvalue weighted by Crippen LogP contribution is 2.71. The lowest BCUT2D eigenvalue weighted by atomic mass is 9.63. The Bertz CT molecular complexity index is 484. The molecule has 4 nitrogen and oxygen atoms in total. The van der Waals surface area contributed by atoms with Gasteiger partial charge in [0.15, 0.2) is 0 Å². The third-order valence-electron chi connectivity index (χ3n) is 6.88. The molecular weight excluding hydrogens is 304 g/mol. The molecule has 0 radical (unpaired) electrons. The summed E-state index contributed by atoms with van der Waals surface area (Å²) in [5.74, 6) is 0.331. The fraction of sp³-hybridized carbons (Fsp3) is 0.850. The van der Waals surface area contributed by atoms with Crippen molar-refractivity contribution in [2.75, 3.05) is 26.4 Å². The van der Waals surface area contributed by atoms with E-state index in [1.54, 1.807) is 6.92 Å². The second-order valence-corrected chi connectivity index (χ2v) is 8.22. The molecule has 0 aromatic rings. The lowest BCUT2D eigenvalue weighted by Gasteiger charge is -2.48. The van der Waals surface area contributed by atoms with E-state index in [-0.39, 0.29) is 16.8 Å². The Labute approximate surface area is 146 Å². The first-order valence-electron chi connectivity index (χ1n) is 9.24. The van der Waals surface area contributed by atoms with Crippen molar-refractivity contribution in [1.82, 2.24) is 0 Å². The van der Waals surface area contributed by atoms with Gasteiger partial charge in [-0.25, -0.2) is 4.79 Å². The summed E-state index contributed by atoms with van der Waals surface area (Å²) in [6, 6.07) is 0. The molecule has 2 bridgehead atoms. The maximum atomic E-state index is 12.3. The van der Waals surface area contributed by atoms with Gasteiger partial charge in [-0.05, 0) is 44.4 Å². The molecule has 2 saturated carbocycles. The number of ether oxygens (including phenoxy) is 3. The summed E-state index contributed by atoms with van der Waals surface area (Å²) in [5.41, 5.74) is 0.184. The van der Waals surface area contributed by atoms with Crippen molar-refractivity contribution >= 4 is 5.97 Å². The van der Waals surface area contributed by atoms with Crippen molar-refractivity contribution in [1.29, 1.82) is 0 Å². The third-order valence-corrected chi connectivity index (χ3v) is 6.88. The molecule has 3 unspecified atom stereocenters. The van der Waals surface area contributed by atoms with Crippen LogP contribution in [0, 0.1) is 16.7 Å². The van der Waals surface area contributed by atoms with E-state index in [4.69, 9.17) is 14.2 Å². The molecule has 0 N–H and O–H groups in total. The van der Waals surface area contributed by atoms with Gasteiger partial charge in [0.25, 0.3) is 0 Å². The molecule has 0 aromatic carbocycles. The van der Waals surface area contributed by atoms with Crippen LogP contribution < -0.4 is 0 Å². The summed E-state index contributed by atoms with van der Waals surface area (Å²) < 4.78 is 17.2. The highest BCUT2D eigenvalue weighted by Gasteiger charge is 2.70. The first kappa shape index (κ1) is 19.5. The molecule has 2 fully saturated rings. The summed E-state index contributed by atoms with van der Waals surface area (Å²) in [4.78, 5) is 12.3. The van der Waals surface area contributed by atoms with Crippen LogP contribution in [0.2, 0.25) is 0 Å². The van der Waals surface area contributed by atoms with Crippen LogP contribution in [-0.2, 0) is 19.0 Å². The topological polar surface area (TPSA) is 44.8 Å². The Kier molecular flexibility index (Phi) is 5.81. The van der Waals surface area contributed by atoms with Gasteiger partial charge in [-0.1, -0.05) is 27.4 Å². The number of hydrogen-bond acceptors (Lipinski definition) is 4. The van der Waals surface area contributed by atoms with Crippen LogP contribution in [0.3, 0.4) is 0 Å². The highest BCUT2D eigenvalue weighted by atomic mass is 16.6. The molecule has 2 aliphatic carbocycles. The molecule has 0 aliphatic heterocycles. The Hall–Kier alpha value is -0.870. The maximum Gasteiger partial charge on any atom is 0.333 e. The van der Waals surface area contributed by atoms with Crippen molar-refractivity contribution in [3.8, 4) is 0 Å². The van der Waals surface area contributed by atoms with Crippen molar-refractivity contribution in [2.24, 2.45) is 16.7 Å². The van der Waals surface area contributed by atoms with E-state index in [0.717, 1.165) is 19.3 Å². The number of esters is 1. The van der Waals surface area contributed by atoms with Crippen LogP contribution in [0.1, 0.15) is 60.3 Å².